The van der Waals surface area contributed by atoms with E-state index in [4.69, 9.17) is 4.74 Å². The molecule has 0 bridgehead atoms. The Kier molecular flexibility index (Phi) is 4.74. The highest BCUT2D eigenvalue weighted by atomic mass is 16.6. The van der Waals surface area contributed by atoms with Gasteiger partial charge in [-0.1, -0.05) is 18.2 Å². The largest absolute Gasteiger partial charge is 0.444 e. The number of carbonyl (C=O) groups excluding carboxylic acids is 2. The molecule has 1 aromatic carbocycles. The fraction of sp³-hybridized carbons (Fsp3) is 0.529. The lowest BCUT2D eigenvalue weighted by molar-refractivity contribution is -0.122. The van der Waals surface area contributed by atoms with Crippen molar-refractivity contribution in [3.63, 3.8) is 0 Å². The third kappa shape index (κ3) is 3.78. The van der Waals surface area contributed by atoms with Crippen LogP contribution >= 0.6 is 0 Å². The van der Waals surface area contributed by atoms with Crippen molar-refractivity contribution in [2.45, 2.75) is 45.3 Å². The zero-order chi connectivity index (χ0) is 16.3. The fourth-order valence-electron chi connectivity index (χ4n) is 2.56. The van der Waals surface area contributed by atoms with Crippen LogP contribution in [0.2, 0.25) is 0 Å². The number of anilines is 1. The van der Waals surface area contributed by atoms with Crippen molar-refractivity contribution in [3.05, 3.63) is 30.3 Å². The van der Waals surface area contributed by atoms with Gasteiger partial charge in [0, 0.05) is 19.3 Å². The highest BCUT2D eigenvalue weighted by molar-refractivity contribution is 5.98. The number of hydrogen-bond donors (Lipinski definition) is 0. The summed E-state index contributed by atoms with van der Waals surface area (Å²) >= 11 is 0. The van der Waals surface area contributed by atoms with Crippen LogP contribution in [0.1, 0.15) is 33.6 Å². The van der Waals surface area contributed by atoms with E-state index in [-0.39, 0.29) is 5.91 Å². The average Bonchev–Trinajstić information content (AvgIpc) is 2.94. The number of hydrogen-bond acceptors (Lipinski definition) is 3. The van der Waals surface area contributed by atoms with E-state index in [0.717, 1.165) is 12.1 Å². The Morgan fingerprint density at radius 1 is 1.23 bits per heavy atom. The fourth-order valence-corrected chi connectivity index (χ4v) is 2.56. The first kappa shape index (κ1) is 16.3. The van der Waals surface area contributed by atoms with Crippen LogP contribution in [-0.4, -0.2) is 42.1 Å². The van der Waals surface area contributed by atoms with Gasteiger partial charge in [0.05, 0.1) is 0 Å². The maximum atomic E-state index is 12.7. The van der Waals surface area contributed by atoms with E-state index in [9.17, 15) is 9.59 Å². The lowest BCUT2D eigenvalue weighted by Gasteiger charge is -2.30. The summed E-state index contributed by atoms with van der Waals surface area (Å²) < 4.78 is 5.40. The first-order chi connectivity index (χ1) is 10.3. The number of benzene rings is 1. The second-order valence-corrected chi connectivity index (χ2v) is 6.56. The second-order valence-electron chi connectivity index (χ2n) is 6.56. The summed E-state index contributed by atoms with van der Waals surface area (Å²) in [6, 6.07) is 9.00. The highest BCUT2D eigenvalue weighted by Crippen LogP contribution is 2.24. The third-order valence-electron chi connectivity index (χ3n) is 3.64. The van der Waals surface area contributed by atoms with Gasteiger partial charge in [-0.25, -0.2) is 4.79 Å². The lowest BCUT2D eigenvalue weighted by atomic mass is 10.2. The molecule has 1 fully saturated rings. The lowest BCUT2D eigenvalue weighted by Crippen LogP contribution is -2.48. The summed E-state index contributed by atoms with van der Waals surface area (Å²) in [7, 11) is 1.74. The first-order valence-electron chi connectivity index (χ1n) is 7.62. The quantitative estimate of drug-likeness (QED) is 0.844. The molecule has 5 nitrogen and oxygen atoms in total. The van der Waals surface area contributed by atoms with Crippen LogP contribution in [0.3, 0.4) is 0 Å². The minimum absolute atomic E-state index is 0.0745. The second kappa shape index (κ2) is 6.38. The number of carbonyl (C=O) groups is 2. The van der Waals surface area contributed by atoms with E-state index in [2.05, 4.69) is 0 Å². The van der Waals surface area contributed by atoms with Crippen LogP contribution in [0.5, 0.6) is 0 Å². The maximum absolute atomic E-state index is 12.7. The molecule has 120 valence electrons. The van der Waals surface area contributed by atoms with Crippen molar-refractivity contribution < 1.29 is 14.3 Å². The van der Waals surface area contributed by atoms with E-state index in [1.54, 1.807) is 16.8 Å². The standard InChI is InChI=1S/C17H24N2O3/c1-17(2,3)22-16(21)19-12-8-11-14(19)15(20)18(4)13-9-6-5-7-10-13/h5-7,9-10,14H,8,11-12H2,1-4H3. The Hall–Kier alpha value is -2.04. The Balaban J connectivity index is 2.10. The molecule has 1 heterocycles. The van der Waals surface area contributed by atoms with Crippen LogP contribution in [0.4, 0.5) is 10.5 Å². The predicted molar refractivity (Wildman–Crippen MR) is 85.8 cm³/mol. The molecule has 1 saturated heterocycles. The Labute approximate surface area is 131 Å². The molecule has 5 heteroatoms. The highest BCUT2D eigenvalue weighted by Gasteiger charge is 2.38. The van der Waals surface area contributed by atoms with Crippen LogP contribution < -0.4 is 4.90 Å². The van der Waals surface area contributed by atoms with Gasteiger partial charge in [0.2, 0.25) is 5.91 Å². The molecule has 1 aliphatic rings. The van der Waals surface area contributed by atoms with Gasteiger partial charge in [-0.2, -0.15) is 0 Å². The van der Waals surface area contributed by atoms with E-state index in [1.165, 1.54) is 0 Å². The topological polar surface area (TPSA) is 49.9 Å². The molecule has 1 unspecified atom stereocenters. The molecule has 1 aliphatic heterocycles. The van der Waals surface area contributed by atoms with E-state index in [0.29, 0.717) is 13.0 Å². The minimum atomic E-state index is -0.557. The molecule has 0 N–H and O–H groups in total. The van der Waals surface area contributed by atoms with Crippen molar-refractivity contribution in [1.82, 2.24) is 4.90 Å². The maximum Gasteiger partial charge on any atom is 0.410 e. The summed E-state index contributed by atoms with van der Waals surface area (Å²) in [5.74, 6) is -0.0745. The van der Waals surface area contributed by atoms with Gasteiger partial charge in [-0.05, 0) is 45.7 Å². The molecule has 0 aliphatic carbocycles. The molecule has 0 saturated carbocycles. The molecule has 2 rings (SSSR count). The van der Waals surface area contributed by atoms with Crippen molar-refractivity contribution >= 4 is 17.7 Å². The number of ether oxygens (including phenoxy) is 1. The number of rotatable bonds is 2. The van der Waals surface area contributed by atoms with Crippen molar-refractivity contribution in [1.29, 1.82) is 0 Å². The van der Waals surface area contributed by atoms with Crippen LogP contribution in [0.25, 0.3) is 0 Å². The monoisotopic (exact) mass is 304 g/mol. The summed E-state index contributed by atoms with van der Waals surface area (Å²) in [5, 5.41) is 0. The average molecular weight is 304 g/mol. The first-order valence-corrected chi connectivity index (χ1v) is 7.62. The van der Waals surface area contributed by atoms with Crippen LogP contribution in [-0.2, 0) is 9.53 Å². The van der Waals surface area contributed by atoms with E-state index < -0.39 is 17.7 Å². The molecular formula is C17H24N2O3. The van der Waals surface area contributed by atoms with Crippen LogP contribution in [0, 0.1) is 0 Å². The summed E-state index contributed by atoms with van der Waals surface area (Å²) in [4.78, 5) is 28.1. The normalized spacial score (nSPS) is 18.2. The van der Waals surface area contributed by atoms with Crippen molar-refractivity contribution in [2.24, 2.45) is 0 Å². The molecular weight excluding hydrogens is 280 g/mol. The summed E-state index contributed by atoms with van der Waals surface area (Å²) in [6.07, 6.45) is 1.08. The van der Waals surface area contributed by atoms with E-state index >= 15 is 0 Å². The van der Waals surface area contributed by atoms with Gasteiger partial charge in [0.25, 0.3) is 0 Å². The van der Waals surface area contributed by atoms with Gasteiger partial charge in [0.1, 0.15) is 11.6 Å². The number of nitrogens with zero attached hydrogens (tertiary/aromatic N) is 2. The van der Waals surface area contributed by atoms with Crippen molar-refractivity contribution in [2.75, 3.05) is 18.5 Å². The number of para-hydroxylation sites is 1. The number of likely N-dealkylation sites (tertiary alicyclic amines) is 1. The smallest absolute Gasteiger partial charge is 0.410 e. The minimum Gasteiger partial charge on any atom is -0.444 e. The Morgan fingerprint density at radius 2 is 1.86 bits per heavy atom. The SMILES string of the molecule is CN(C(=O)C1CCCN1C(=O)OC(C)(C)C)c1ccccc1. The number of likely N-dealkylation sites (N-methyl/N-ethyl adjacent to an activating group) is 1. The van der Waals surface area contributed by atoms with Gasteiger partial charge in [-0.15, -0.1) is 0 Å². The van der Waals surface area contributed by atoms with E-state index in [1.807, 2.05) is 51.1 Å². The molecule has 0 spiro atoms. The van der Waals surface area contributed by atoms with Crippen LogP contribution in [0.15, 0.2) is 30.3 Å². The van der Waals surface area contributed by atoms with Gasteiger partial charge in [0.15, 0.2) is 0 Å². The molecule has 1 aromatic rings. The Bertz CT molecular complexity index is 537. The molecule has 0 aromatic heterocycles. The zero-order valence-electron chi connectivity index (χ0n) is 13.7. The molecule has 0 radical (unpaired) electrons. The number of amides is 2. The molecule has 2 amide bonds. The van der Waals surface area contributed by atoms with Gasteiger partial charge < -0.3 is 9.64 Å². The van der Waals surface area contributed by atoms with Gasteiger partial charge in [-0.3, -0.25) is 9.69 Å². The zero-order valence-corrected chi connectivity index (χ0v) is 13.7. The summed E-state index contributed by atoms with van der Waals surface area (Å²) in [5.41, 5.74) is 0.266. The summed E-state index contributed by atoms with van der Waals surface area (Å²) in [6.45, 7) is 6.05. The molecule has 1 atom stereocenters. The third-order valence-corrected chi connectivity index (χ3v) is 3.64. The van der Waals surface area contributed by atoms with Crippen molar-refractivity contribution in [3.8, 4) is 0 Å². The van der Waals surface area contributed by atoms with Gasteiger partial charge >= 0.3 is 6.09 Å². The molecule has 22 heavy (non-hydrogen) atoms. The Morgan fingerprint density at radius 3 is 2.45 bits per heavy atom. The predicted octanol–water partition coefficient (Wildman–Crippen LogP) is 3.05.